The standard InChI is InChI=1S/C17H21N3O2/c1-20(2)15(14-6-4-5-7-16(14)22-3)12-19-17(21)13-8-10-18-11-9-13/h4-11,15H,12H2,1-3H3,(H,19,21). The Kier molecular flexibility index (Phi) is 5.49. The van der Waals surface area contributed by atoms with Gasteiger partial charge in [-0.05, 0) is 32.3 Å². The molecule has 116 valence electrons. The van der Waals surface area contributed by atoms with Crippen LogP contribution < -0.4 is 10.1 Å². The fraction of sp³-hybridized carbons (Fsp3) is 0.294. The molecule has 22 heavy (non-hydrogen) atoms. The molecule has 1 heterocycles. The van der Waals surface area contributed by atoms with Crippen LogP contribution in [-0.2, 0) is 0 Å². The van der Waals surface area contributed by atoms with Gasteiger partial charge in [-0.3, -0.25) is 9.78 Å². The van der Waals surface area contributed by atoms with Crippen molar-refractivity contribution in [2.45, 2.75) is 6.04 Å². The van der Waals surface area contributed by atoms with Gasteiger partial charge in [-0.25, -0.2) is 0 Å². The average Bonchev–Trinajstić information content (AvgIpc) is 2.55. The zero-order valence-corrected chi connectivity index (χ0v) is 13.1. The van der Waals surface area contributed by atoms with Crippen LogP contribution in [0.3, 0.4) is 0 Å². The number of hydrogen-bond donors (Lipinski definition) is 1. The van der Waals surface area contributed by atoms with Gasteiger partial charge in [0, 0.05) is 30.1 Å². The number of nitrogens with one attached hydrogen (secondary N) is 1. The number of carbonyl (C=O) groups is 1. The fourth-order valence-electron chi connectivity index (χ4n) is 2.31. The van der Waals surface area contributed by atoms with Crippen LogP contribution in [-0.4, -0.2) is 43.5 Å². The summed E-state index contributed by atoms with van der Waals surface area (Å²) >= 11 is 0. The zero-order valence-electron chi connectivity index (χ0n) is 13.1. The molecule has 0 radical (unpaired) electrons. The smallest absolute Gasteiger partial charge is 0.251 e. The van der Waals surface area contributed by atoms with Gasteiger partial charge in [0.05, 0.1) is 13.2 Å². The molecule has 2 rings (SSSR count). The van der Waals surface area contributed by atoms with E-state index in [1.54, 1.807) is 31.6 Å². The number of likely N-dealkylation sites (N-methyl/N-ethyl adjacent to an activating group) is 1. The first-order chi connectivity index (χ1) is 10.6. The Morgan fingerprint density at radius 1 is 1.23 bits per heavy atom. The van der Waals surface area contributed by atoms with Gasteiger partial charge in [-0.2, -0.15) is 0 Å². The highest BCUT2D eigenvalue weighted by Crippen LogP contribution is 2.27. The number of pyridine rings is 1. The summed E-state index contributed by atoms with van der Waals surface area (Å²) in [6.07, 6.45) is 3.22. The maximum absolute atomic E-state index is 12.2. The van der Waals surface area contributed by atoms with Crippen molar-refractivity contribution in [2.24, 2.45) is 0 Å². The number of methoxy groups -OCH3 is 1. The van der Waals surface area contributed by atoms with Crippen LogP contribution >= 0.6 is 0 Å². The Bertz CT molecular complexity index is 614. The number of nitrogens with zero attached hydrogens (tertiary/aromatic N) is 2. The third-order valence-electron chi connectivity index (χ3n) is 3.52. The van der Waals surface area contributed by atoms with E-state index in [1.165, 1.54) is 0 Å². The molecule has 1 aromatic carbocycles. The van der Waals surface area contributed by atoms with Crippen LogP contribution in [0.1, 0.15) is 22.0 Å². The van der Waals surface area contributed by atoms with Crippen molar-refractivity contribution < 1.29 is 9.53 Å². The second kappa shape index (κ2) is 7.56. The van der Waals surface area contributed by atoms with Crippen molar-refractivity contribution in [3.63, 3.8) is 0 Å². The Balaban J connectivity index is 2.11. The van der Waals surface area contributed by atoms with Gasteiger partial charge in [0.2, 0.25) is 0 Å². The lowest BCUT2D eigenvalue weighted by atomic mass is 10.0. The van der Waals surface area contributed by atoms with Crippen LogP contribution in [0.2, 0.25) is 0 Å². The predicted molar refractivity (Wildman–Crippen MR) is 86.0 cm³/mol. The summed E-state index contributed by atoms with van der Waals surface area (Å²) in [4.78, 5) is 18.1. The SMILES string of the molecule is COc1ccccc1C(CNC(=O)c1ccncc1)N(C)C. The summed E-state index contributed by atoms with van der Waals surface area (Å²) in [6, 6.07) is 11.3. The third-order valence-corrected chi connectivity index (χ3v) is 3.52. The normalized spacial score (nSPS) is 12.0. The van der Waals surface area contributed by atoms with Crippen LogP contribution in [0.4, 0.5) is 0 Å². The summed E-state index contributed by atoms with van der Waals surface area (Å²) < 4.78 is 5.42. The predicted octanol–water partition coefficient (Wildman–Crippen LogP) is 2.12. The summed E-state index contributed by atoms with van der Waals surface area (Å²) in [5.74, 6) is 0.712. The summed E-state index contributed by atoms with van der Waals surface area (Å²) in [7, 11) is 5.62. The van der Waals surface area contributed by atoms with E-state index in [0.717, 1.165) is 11.3 Å². The van der Waals surface area contributed by atoms with Crippen molar-refractivity contribution in [3.8, 4) is 5.75 Å². The van der Waals surface area contributed by atoms with Gasteiger partial charge in [-0.1, -0.05) is 18.2 Å². The zero-order chi connectivity index (χ0) is 15.9. The van der Waals surface area contributed by atoms with Crippen LogP contribution in [0.5, 0.6) is 5.75 Å². The molecule has 1 aromatic heterocycles. The molecule has 0 spiro atoms. The first-order valence-electron chi connectivity index (χ1n) is 7.11. The lowest BCUT2D eigenvalue weighted by molar-refractivity contribution is 0.0941. The van der Waals surface area contributed by atoms with Gasteiger partial charge in [0.15, 0.2) is 0 Å². The van der Waals surface area contributed by atoms with Gasteiger partial charge in [0.1, 0.15) is 5.75 Å². The Morgan fingerprint density at radius 2 is 1.91 bits per heavy atom. The van der Waals surface area contributed by atoms with E-state index >= 15 is 0 Å². The van der Waals surface area contributed by atoms with Crippen molar-refractivity contribution in [2.75, 3.05) is 27.7 Å². The van der Waals surface area contributed by atoms with Crippen LogP contribution in [0.15, 0.2) is 48.8 Å². The number of benzene rings is 1. The van der Waals surface area contributed by atoms with Crippen molar-refractivity contribution in [3.05, 3.63) is 59.9 Å². The van der Waals surface area contributed by atoms with E-state index < -0.39 is 0 Å². The molecule has 0 aliphatic carbocycles. The second-order valence-corrected chi connectivity index (χ2v) is 5.17. The van der Waals surface area contributed by atoms with Crippen LogP contribution in [0, 0.1) is 0 Å². The number of rotatable bonds is 6. The van der Waals surface area contributed by atoms with E-state index in [9.17, 15) is 4.79 Å². The highest BCUT2D eigenvalue weighted by Gasteiger charge is 2.19. The monoisotopic (exact) mass is 299 g/mol. The maximum atomic E-state index is 12.2. The largest absolute Gasteiger partial charge is 0.496 e. The van der Waals surface area contributed by atoms with E-state index in [1.807, 2.05) is 38.4 Å². The molecule has 0 aliphatic heterocycles. The lowest BCUT2D eigenvalue weighted by Gasteiger charge is -2.26. The van der Waals surface area contributed by atoms with Gasteiger partial charge in [0.25, 0.3) is 5.91 Å². The number of ether oxygens (including phenoxy) is 1. The molecule has 0 bridgehead atoms. The molecule has 5 nitrogen and oxygen atoms in total. The molecule has 1 amide bonds. The number of para-hydroxylation sites is 1. The molecule has 5 heteroatoms. The minimum Gasteiger partial charge on any atom is -0.496 e. The molecule has 1 N–H and O–H groups in total. The van der Waals surface area contributed by atoms with Gasteiger partial charge in [-0.15, -0.1) is 0 Å². The molecule has 2 aromatic rings. The molecule has 0 saturated carbocycles. The molecule has 0 saturated heterocycles. The molecular weight excluding hydrogens is 278 g/mol. The van der Waals surface area contributed by atoms with E-state index in [0.29, 0.717) is 12.1 Å². The van der Waals surface area contributed by atoms with E-state index in [4.69, 9.17) is 4.74 Å². The first-order valence-corrected chi connectivity index (χ1v) is 7.11. The molecule has 1 unspecified atom stereocenters. The third kappa shape index (κ3) is 3.83. The molecule has 1 atom stereocenters. The van der Waals surface area contributed by atoms with Gasteiger partial charge >= 0.3 is 0 Å². The Hall–Kier alpha value is -2.40. The maximum Gasteiger partial charge on any atom is 0.251 e. The summed E-state index contributed by atoms with van der Waals surface area (Å²) in [6.45, 7) is 0.495. The number of hydrogen-bond acceptors (Lipinski definition) is 4. The Morgan fingerprint density at radius 3 is 2.55 bits per heavy atom. The first kappa shape index (κ1) is 16.0. The highest BCUT2D eigenvalue weighted by molar-refractivity contribution is 5.93. The van der Waals surface area contributed by atoms with E-state index in [2.05, 4.69) is 15.2 Å². The quantitative estimate of drug-likeness (QED) is 0.888. The number of carbonyl (C=O) groups excluding carboxylic acids is 1. The number of aromatic nitrogens is 1. The lowest BCUT2D eigenvalue weighted by Crippen LogP contribution is -2.34. The fourth-order valence-corrected chi connectivity index (χ4v) is 2.31. The van der Waals surface area contributed by atoms with Crippen molar-refractivity contribution >= 4 is 5.91 Å². The van der Waals surface area contributed by atoms with Crippen LogP contribution in [0.25, 0.3) is 0 Å². The summed E-state index contributed by atoms with van der Waals surface area (Å²) in [5.41, 5.74) is 1.65. The van der Waals surface area contributed by atoms with E-state index in [-0.39, 0.29) is 11.9 Å². The minimum atomic E-state index is -0.107. The van der Waals surface area contributed by atoms with Gasteiger partial charge < -0.3 is 15.0 Å². The Labute approximate surface area is 130 Å². The number of amides is 1. The highest BCUT2D eigenvalue weighted by atomic mass is 16.5. The average molecular weight is 299 g/mol. The molecule has 0 fully saturated rings. The summed E-state index contributed by atoms with van der Waals surface area (Å²) in [5, 5.41) is 2.97. The molecule has 0 aliphatic rings. The topological polar surface area (TPSA) is 54.5 Å². The van der Waals surface area contributed by atoms with Crippen molar-refractivity contribution in [1.82, 2.24) is 15.2 Å². The second-order valence-electron chi connectivity index (χ2n) is 5.17. The molecular formula is C17H21N3O2. The minimum absolute atomic E-state index is 0.0296. The van der Waals surface area contributed by atoms with Crippen molar-refractivity contribution in [1.29, 1.82) is 0 Å².